The molecule has 1 aromatic rings. The molecule has 2 N–H and O–H groups in total. The van der Waals surface area contributed by atoms with E-state index in [-0.39, 0.29) is 11.4 Å². The molecule has 0 aliphatic carbocycles. The van der Waals surface area contributed by atoms with Crippen molar-refractivity contribution < 1.29 is 14.5 Å². The Morgan fingerprint density at radius 2 is 2.38 bits per heavy atom. The van der Waals surface area contributed by atoms with Crippen LogP contribution in [0.2, 0.25) is 0 Å². The number of nitro groups is 1. The largest absolute Gasteiger partial charge is 0.466 e. The van der Waals surface area contributed by atoms with Gasteiger partial charge in [0.25, 0.3) is 0 Å². The van der Waals surface area contributed by atoms with Gasteiger partial charge in [-0.15, -0.1) is 0 Å². The number of thiophene rings is 1. The number of nitrogens with two attached hydrogens (primary N) is 1. The molecule has 6 nitrogen and oxygen atoms in total. The number of esters is 1. The van der Waals surface area contributed by atoms with Gasteiger partial charge in [0.15, 0.2) is 0 Å². The van der Waals surface area contributed by atoms with Gasteiger partial charge >= 0.3 is 11.0 Å². The topological polar surface area (TPSA) is 95.5 Å². The summed E-state index contributed by atoms with van der Waals surface area (Å²) in [6.07, 6.45) is 0.0332. The van der Waals surface area contributed by atoms with Gasteiger partial charge in [-0.3, -0.25) is 14.9 Å². The summed E-state index contributed by atoms with van der Waals surface area (Å²) in [6, 6.07) is 2.40. The van der Waals surface area contributed by atoms with Crippen molar-refractivity contribution >= 4 is 22.3 Å². The fourth-order valence-electron chi connectivity index (χ4n) is 1.14. The predicted octanol–water partition coefficient (Wildman–Crippen LogP) is 1.61. The molecule has 1 rings (SSSR count). The molecule has 0 aliphatic rings. The highest BCUT2D eigenvalue weighted by molar-refractivity contribution is 7.15. The van der Waals surface area contributed by atoms with Crippen LogP contribution < -0.4 is 5.73 Å². The predicted molar refractivity (Wildman–Crippen MR) is 59.2 cm³/mol. The summed E-state index contributed by atoms with van der Waals surface area (Å²) in [6.45, 7) is 2.01. The van der Waals surface area contributed by atoms with Crippen LogP contribution in [-0.2, 0) is 9.53 Å². The lowest BCUT2D eigenvalue weighted by molar-refractivity contribution is -0.380. The first kappa shape index (κ1) is 12.6. The summed E-state index contributed by atoms with van der Waals surface area (Å²) < 4.78 is 4.74. The van der Waals surface area contributed by atoms with Crippen molar-refractivity contribution in [2.45, 2.75) is 19.4 Å². The number of hydrogen-bond donors (Lipinski definition) is 1. The van der Waals surface area contributed by atoms with Crippen LogP contribution in [0.1, 0.15) is 24.3 Å². The molecular formula is C9H12N2O4S. The minimum absolute atomic E-state index is 0.0225. The van der Waals surface area contributed by atoms with Gasteiger partial charge in [0.2, 0.25) is 0 Å². The molecule has 16 heavy (non-hydrogen) atoms. The van der Waals surface area contributed by atoms with E-state index >= 15 is 0 Å². The molecule has 0 saturated heterocycles. The first-order chi connectivity index (χ1) is 7.54. The molecule has 0 saturated carbocycles. The Labute approximate surface area is 96.2 Å². The van der Waals surface area contributed by atoms with Crippen molar-refractivity contribution in [3.8, 4) is 0 Å². The molecule has 0 radical (unpaired) electrons. The molecule has 0 bridgehead atoms. The molecule has 1 aromatic heterocycles. The van der Waals surface area contributed by atoms with Crippen molar-refractivity contribution in [2.75, 3.05) is 6.61 Å². The van der Waals surface area contributed by atoms with Crippen molar-refractivity contribution in [2.24, 2.45) is 5.73 Å². The minimum Gasteiger partial charge on any atom is -0.466 e. The third-order valence-corrected chi connectivity index (χ3v) is 3.02. The fourth-order valence-corrected chi connectivity index (χ4v) is 1.96. The van der Waals surface area contributed by atoms with E-state index in [9.17, 15) is 14.9 Å². The van der Waals surface area contributed by atoms with Gasteiger partial charge < -0.3 is 10.5 Å². The maximum atomic E-state index is 11.1. The van der Waals surface area contributed by atoms with Gasteiger partial charge in [-0.05, 0) is 13.0 Å². The number of carbonyl (C=O) groups is 1. The highest BCUT2D eigenvalue weighted by Gasteiger charge is 2.17. The minimum atomic E-state index is -0.544. The summed E-state index contributed by atoms with van der Waals surface area (Å²) in [5.41, 5.74) is 5.73. The zero-order valence-corrected chi connectivity index (χ0v) is 9.53. The normalized spacial score (nSPS) is 12.1. The van der Waals surface area contributed by atoms with Crippen molar-refractivity contribution in [1.82, 2.24) is 0 Å². The Balaban J connectivity index is 2.62. The maximum absolute atomic E-state index is 11.1. The average Bonchev–Trinajstić information content (AvgIpc) is 2.66. The molecular weight excluding hydrogens is 232 g/mol. The van der Waals surface area contributed by atoms with E-state index in [0.29, 0.717) is 11.5 Å². The molecule has 0 fully saturated rings. The van der Waals surface area contributed by atoms with Crippen LogP contribution in [0.15, 0.2) is 12.1 Å². The SMILES string of the molecule is CCOC(=O)C[C@H](N)c1ccc([N+](=O)[O-])s1. The Bertz CT molecular complexity index is 391. The standard InChI is InChI=1S/C9H12N2O4S/c1-2-15-9(12)5-6(10)7-3-4-8(16-7)11(13)14/h3-4,6H,2,5,10H2,1H3/t6-/m0/s1. The lowest BCUT2D eigenvalue weighted by Crippen LogP contribution is -2.16. The zero-order valence-electron chi connectivity index (χ0n) is 8.71. The molecule has 1 heterocycles. The monoisotopic (exact) mass is 244 g/mol. The second kappa shape index (κ2) is 5.57. The average molecular weight is 244 g/mol. The molecule has 0 spiro atoms. The van der Waals surface area contributed by atoms with Gasteiger partial charge in [0.05, 0.1) is 18.0 Å². The highest BCUT2D eigenvalue weighted by Crippen LogP contribution is 2.29. The Morgan fingerprint density at radius 1 is 1.69 bits per heavy atom. The summed E-state index contributed by atoms with van der Waals surface area (Å²) >= 11 is 0.977. The van der Waals surface area contributed by atoms with Crippen LogP contribution in [0.4, 0.5) is 5.00 Å². The van der Waals surface area contributed by atoms with Gasteiger partial charge in [-0.1, -0.05) is 11.3 Å². The van der Waals surface area contributed by atoms with E-state index in [1.807, 2.05) is 0 Å². The van der Waals surface area contributed by atoms with Gasteiger partial charge in [0, 0.05) is 17.0 Å². The number of rotatable bonds is 5. The number of hydrogen-bond acceptors (Lipinski definition) is 6. The Kier molecular flexibility index (Phi) is 4.39. The third-order valence-electron chi connectivity index (χ3n) is 1.85. The summed E-state index contributed by atoms with van der Waals surface area (Å²) in [7, 11) is 0. The lowest BCUT2D eigenvalue weighted by atomic mass is 10.2. The van der Waals surface area contributed by atoms with Crippen LogP contribution in [0.25, 0.3) is 0 Å². The van der Waals surface area contributed by atoms with Crippen molar-refractivity contribution in [3.05, 3.63) is 27.1 Å². The van der Waals surface area contributed by atoms with E-state index in [0.717, 1.165) is 11.3 Å². The van der Waals surface area contributed by atoms with Crippen LogP contribution >= 0.6 is 11.3 Å². The highest BCUT2D eigenvalue weighted by atomic mass is 32.1. The van der Waals surface area contributed by atoms with Crippen molar-refractivity contribution in [3.63, 3.8) is 0 Å². The van der Waals surface area contributed by atoms with Crippen LogP contribution in [-0.4, -0.2) is 17.5 Å². The first-order valence-corrected chi connectivity index (χ1v) is 5.51. The van der Waals surface area contributed by atoms with Crippen LogP contribution in [0, 0.1) is 10.1 Å². The Morgan fingerprint density at radius 3 is 2.88 bits per heavy atom. The number of carbonyl (C=O) groups excluding carboxylic acids is 1. The molecule has 1 atom stereocenters. The molecule has 88 valence electrons. The molecule has 7 heteroatoms. The Hall–Kier alpha value is -1.47. The number of nitrogens with zero attached hydrogens (tertiary/aromatic N) is 1. The summed E-state index contributed by atoms with van der Waals surface area (Å²) in [4.78, 5) is 21.7. The molecule has 0 amide bonds. The van der Waals surface area contributed by atoms with E-state index in [4.69, 9.17) is 10.5 Å². The zero-order chi connectivity index (χ0) is 12.1. The van der Waals surface area contributed by atoms with E-state index in [1.54, 1.807) is 13.0 Å². The molecule has 0 aliphatic heterocycles. The quantitative estimate of drug-likeness (QED) is 0.482. The van der Waals surface area contributed by atoms with Gasteiger partial charge in [-0.25, -0.2) is 0 Å². The lowest BCUT2D eigenvalue weighted by Gasteiger charge is -2.07. The maximum Gasteiger partial charge on any atom is 0.324 e. The smallest absolute Gasteiger partial charge is 0.324 e. The molecule has 0 unspecified atom stereocenters. The second-order valence-corrected chi connectivity index (χ2v) is 4.14. The van der Waals surface area contributed by atoms with E-state index in [2.05, 4.69) is 0 Å². The fraction of sp³-hybridized carbons (Fsp3) is 0.444. The molecule has 0 aromatic carbocycles. The van der Waals surface area contributed by atoms with Gasteiger partial charge in [-0.2, -0.15) is 0 Å². The van der Waals surface area contributed by atoms with Crippen LogP contribution in [0.3, 0.4) is 0 Å². The van der Waals surface area contributed by atoms with E-state index < -0.39 is 16.9 Å². The summed E-state index contributed by atoms with van der Waals surface area (Å²) in [5.74, 6) is -0.397. The van der Waals surface area contributed by atoms with Gasteiger partial charge in [0.1, 0.15) is 0 Å². The second-order valence-electron chi connectivity index (χ2n) is 3.05. The first-order valence-electron chi connectivity index (χ1n) is 4.70. The summed E-state index contributed by atoms with van der Waals surface area (Å²) in [5, 5.41) is 10.5. The van der Waals surface area contributed by atoms with E-state index in [1.165, 1.54) is 6.07 Å². The number of ether oxygens (including phenoxy) is 1. The van der Waals surface area contributed by atoms with Crippen LogP contribution in [0.5, 0.6) is 0 Å². The third kappa shape index (κ3) is 3.28. The van der Waals surface area contributed by atoms with Crippen molar-refractivity contribution in [1.29, 1.82) is 0 Å².